The Labute approximate surface area is 629 Å². The summed E-state index contributed by atoms with van der Waals surface area (Å²) in [5, 5.41) is 10.6. The van der Waals surface area contributed by atoms with Crippen LogP contribution in [-0.2, 0) is 65.4 Å². The van der Waals surface area contributed by atoms with Gasteiger partial charge in [-0.2, -0.15) is 0 Å². The minimum Gasteiger partial charge on any atom is -0.462 e. The monoisotopic (exact) mass is 1490 g/mol. The van der Waals surface area contributed by atoms with Crippen LogP contribution < -0.4 is 0 Å². The van der Waals surface area contributed by atoms with Crippen molar-refractivity contribution in [2.75, 3.05) is 39.6 Å². The van der Waals surface area contributed by atoms with E-state index in [0.717, 1.165) is 205 Å². The molecular formula is C85H140O17P2. The molecule has 0 aliphatic carbocycles. The Bertz CT molecular complexity index is 2590. The van der Waals surface area contributed by atoms with Crippen LogP contribution in [0.1, 0.15) is 297 Å². The number of aliphatic hydroxyl groups excluding tert-OH is 1. The van der Waals surface area contributed by atoms with Crippen LogP contribution in [0.5, 0.6) is 0 Å². The molecule has 0 saturated carbocycles. The molecule has 0 rings (SSSR count). The zero-order valence-corrected chi connectivity index (χ0v) is 66.4. The van der Waals surface area contributed by atoms with Gasteiger partial charge >= 0.3 is 39.5 Å². The summed E-state index contributed by atoms with van der Waals surface area (Å²) in [5.74, 6) is -2.26. The molecule has 0 spiro atoms. The summed E-state index contributed by atoms with van der Waals surface area (Å²) in [4.78, 5) is 73.0. The van der Waals surface area contributed by atoms with Gasteiger partial charge in [0.1, 0.15) is 19.3 Å². The van der Waals surface area contributed by atoms with Gasteiger partial charge in [0.2, 0.25) is 0 Å². The number of phosphoric ester groups is 2. The van der Waals surface area contributed by atoms with Gasteiger partial charge in [-0.1, -0.05) is 269 Å². The highest BCUT2D eigenvalue weighted by atomic mass is 31.2. The zero-order chi connectivity index (χ0) is 76.0. The van der Waals surface area contributed by atoms with Gasteiger partial charge < -0.3 is 33.8 Å². The molecule has 0 amide bonds. The molecule has 0 fully saturated rings. The Hall–Kier alpha value is -5.32. The molecule has 5 atom stereocenters. The number of unbranched alkanes of at least 4 members (excludes halogenated alkanes) is 21. The lowest BCUT2D eigenvalue weighted by atomic mass is 10.1. The fourth-order valence-electron chi connectivity index (χ4n) is 10.00. The Morgan fingerprint density at radius 2 is 0.500 bits per heavy atom. The first-order valence-corrected chi connectivity index (χ1v) is 42.7. The molecule has 17 nitrogen and oxygen atoms in total. The summed E-state index contributed by atoms with van der Waals surface area (Å²) in [5.41, 5.74) is 0. The largest absolute Gasteiger partial charge is 0.472 e. The smallest absolute Gasteiger partial charge is 0.462 e. The number of carbonyl (C=O) groups is 4. The second-order valence-corrected chi connectivity index (χ2v) is 28.8. The maximum Gasteiger partial charge on any atom is 0.472 e. The predicted octanol–water partition coefficient (Wildman–Crippen LogP) is 23.2. The molecule has 5 unspecified atom stereocenters. The molecule has 0 saturated heterocycles. The lowest BCUT2D eigenvalue weighted by molar-refractivity contribution is -0.161. The van der Waals surface area contributed by atoms with Crippen LogP contribution >= 0.6 is 15.6 Å². The van der Waals surface area contributed by atoms with E-state index in [9.17, 15) is 43.2 Å². The minimum absolute atomic E-state index is 0.0665. The van der Waals surface area contributed by atoms with Gasteiger partial charge in [0.25, 0.3) is 0 Å². The summed E-state index contributed by atoms with van der Waals surface area (Å²) in [6.07, 6.45) is 88.0. The number of carbonyl (C=O) groups excluding carboxylic acids is 4. The molecule has 0 aromatic heterocycles. The third-order valence-electron chi connectivity index (χ3n) is 16.0. The fourth-order valence-corrected chi connectivity index (χ4v) is 11.6. The van der Waals surface area contributed by atoms with Crippen LogP contribution in [0, 0.1) is 0 Å². The molecule has 0 aliphatic heterocycles. The van der Waals surface area contributed by atoms with E-state index in [1.807, 2.05) is 0 Å². The molecule has 0 bridgehead atoms. The summed E-state index contributed by atoms with van der Waals surface area (Å²) in [6.45, 7) is 4.40. The van der Waals surface area contributed by atoms with Gasteiger partial charge in [-0.05, 0) is 161 Å². The Morgan fingerprint density at radius 3 is 0.788 bits per heavy atom. The molecular weight excluding hydrogens is 1350 g/mol. The molecule has 19 heteroatoms. The highest BCUT2D eigenvalue weighted by Crippen LogP contribution is 2.45. The molecule has 0 heterocycles. The van der Waals surface area contributed by atoms with Crippen molar-refractivity contribution in [3.63, 3.8) is 0 Å². The van der Waals surface area contributed by atoms with Crippen LogP contribution in [0.3, 0.4) is 0 Å². The first-order chi connectivity index (χ1) is 50.7. The van der Waals surface area contributed by atoms with E-state index in [1.54, 1.807) is 0 Å². The first kappa shape index (κ1) is 98.7. The number of esters is 4. The molecule has 592 valence electrons. The fraction of sp³-hybridized carbons (Fsp3) is 0.647. The number of ether oxygens (including phenoxy) is 4. The normalized spacial score (nSPS) is 14.7. The highest BCUT2D eigenvalue weighted by Gasteiger charge is 2.30. The van der Waals surface area contributed by atoms with Gasteiger partial charge in [0.15, 0.2) is 12.2 Å². The second-order valence-electron chi connectivity index (χ2n) is 25.9. The van der Waals surface area contributed by atoms with Crippen molar-refractivity contribution in [3.8, 4) is 0 Å². The lowest BCUT2D eigenvalue weighted by Crippen LogP contribution is -2.30. The predicted molar refractivity (Wildman–Crippen MR) is 427 cm³/mol. The lowest BCUT2D eigenvalue weighted by Gasteiger charge is -2.21. The van der Waals surface area contributed by atoms with Gasteiger partial charge in [0, 0.05) is 25.7 Å². The maximum absolute atomic E-state index is 13.1. The van der Waals surface area contributed by atoms with Crippen LogP contribution in [0.2, 0.25) is 0 Å². The molecule has 0 aromatic carbocycles. The van der Waals surface area contributed by atoms with Crippen molar-refractivity contribution >= 4 is 39.5 Å². The van der Waals surface area contributed by atoms with E-state index in [4.69, 9.17) is 37.0 Å². The topological polar surface area (TPSA) is 237 Å². The van der Waals surface area contributed by atoms with E-state index in [2.05, 4.69) is 186 Å². The van der Waals surface area contributed by atoms with E-state index in [1.165, 1.54) is 12.8 Å². The number of hydrogen-bond acceptors (Lipinski definition) is 15. The standard InChI is InChI=1S/C85H140O17P2/c1-5-9-13-17-21-25-29-32-35-37-39-41-44-46-50-53-57-61-65-69-82(87)95-75-80(101-84(89)71-67-63-59-55-49-28-24-20-16-12-8-4)77-99-103(91,92)97-73-79(86)74-98-104(93,94)100-78-81(102-85(90)72-68-64-60-56-52-48-43-34-31-27-23-19-15-11-7-3)76-96-83(88)70-66-62-58-54-51-47-45-42-40-38-36-33-30-26-22-18-14-10-6-2/h9-11,13-15,20-27,32-36,39-43,46,50,79-81,86H,5-8,12,16-19,28-31,37-38,44-45,47-49,51-78H2,1-4H3,(H,91,92)(H,93,94)/b13-9-,14-10-,15-11-,24-20-,25-21-,26-22-,27-23-,35-32-,36-33-,41-39-,42-40-,43-34-,50-46-. The van der Waals surface area contributed by atoms with Crippen LogP contribution in [0.15, 0.2) is 158 Å². The first-order valence-electron chi connectivity index (χ1n) is 39.7. The van der Waals surface area contributed by atoms with E-state index < -0.39 is 97.5 Å². The SMILES string of the molecule is CC/C=C\C/C=C\C/C=C\C/C=C\C/C=C\CCCCCC(=O)OCC(COP(=O)(O)OCC(O)COP(=O)(O)OCC(COC(=O)CCCCCCCC/C=C\C/C=C\C/C=C\C/C=C\CC)OC(=O)CCCCCCC/C=C\C/C=C\C/C=C\CC)OC(=O)CCCCCCC/C=C\CCCC. The van der Waals surface area contributed by atoms with Crippen LogP contribution in [0.25, 0.3) is 0 Å². The summed E-state index contributed by atoms with van der Waals surface area (Å²) in [7, 11) is -9.98. The summed E-state index contributed by atoms with van der Waals surface area (Å²) in [6, 6.07) is 0. The van der Waals surface area contributed by atoms with Crippen molar-refractivity contribution in [1.82, 2.24) is 0 Å². The number of aliphatic hydroxyl groups is 1. The number of rotatable bonds is 73. The van der Waals surface area contributed by atoms with Crippen LogP contribution in [-0.4, -0.2) is 96.7 Å². The quantitative estimate of drug-likeness (QED) is 0.0169. The highest BCUT2D eigenvalue weighted by molar-refractivity contribution is 7.47. The van der Waals surface area contributed by atoms with Gasteiger partial charge in [-0.3, -0.25) is 37.3 Å². The minimum atomic E-state index is -4.99. The third kappa shape index (κ3) is 74.9. The van der Waals surface area contributed by atoms with E-state index in [-0.39, 0.29) is 25.7 Å². The van der Waals surface area contributed by atoms with Gasteiger partial charge in [-0.25, -0.2) is 9.13 Å². The summed E-state index contributed by atoms with van der Waals surface area (Å²) >= 11 is 0. The summed E-state index contributed by atoms with van der Waals surface area (Å²) < 4.78 is 68.5. The van der Waals surface area contributed by atoms with E-state index >= 15 is 0 Å². The Balaban J connectivity index is 5.38. The van der Waals surface area contributed by atoms with Crippen molar-refractivity contribution in [1.29, 1.82) is 0 Å². The van der Waals surface area contributed by atoms with E-state index in [0.29, 0.717) is 25.7 Å². The Kier molecular flexibility index (Phi) is 72.0. The van der Waals surface area contributed by atoms with Gasteiger partial charge in [0.05, 0.1) is 26.4 Å². The average molecular weight is 1500 g/mol. The molecule has 104 heavy (non-hydrogen) atoms. The third-order valence-corrected chi connectivity index (χ3v) is 17.9. The Morgan fingerprint density at radius 1 is 0.279 bits per heavy atom. The van der Waals surface area contributed by atoms with Crippen molar-refractivity contribution in [2.24, 2.45) is 0 Å². The number of allylic oxidation sites excluding steroid dienone is 26. The molecule has 3 N–H and O–H groups in total. The molecule has 0 aromatic rings. The maximum atomic E-state index is 13.1. The zero-order valence-electron chi connectivity index (χ0n) is 64.6. The number of phosphoric acid groups is 2. The molecule has 0 aliphatic rings. The molecule has 0 radical (unpaired) electrons. The second kappa shape index (κ2) is 75.9. The van der Waals surface area contributed by atoms with Crippen LogP contribution in [0.4, 0.5) is 0 Å². The number of hydrogen-bond donors (Lipinski definition) is 3. The van der Waals surface area contributed by atoms with Crippen molar-refractivity contribution in [3.05, 3.63) is 158 Å². The van der Waals surface area contributed by atoms with Crippen molar-refractivity contribution in [2.45, 2.75) is 316 Å². The van der Waals surface area contributed by atoms with Gasteiger partial charge in [-0.15, -0.1) is 0 Å². The average Bonchev–Trinajstić information content (AvgIpc) is 0.931. The van der Waals surface area contributed by atoms with Crippen molar-refractivity contribution < 1.29 is 80.2 Å².